The first kappa shape index (κ1) is 49.4. The van der Waals surface area contributed by atoms with E-state index in [2.05, 4.69) is 56.3 Å². The van der Waals surface area contributed by atoms with Crippen molar-refractivity contribution in [2.24, 2.45) is 0 Å². The van der Waals surface area contributed by atoms with Gasteiger partial charge in [-0.15, -0.1) is 0 Å². The largest absolute Gasteiger partial charge is 0.382 e. The predicted octanol–water partition coefficient (Wildman–Crippen LogP) is 4.58. The van der Waals surface area contributed by atoms with E-state index < -0.39 is 47.7 Å². The minimum atomic E-state index is -1.05. The summed E-state index contributed by atoms with van der Waals surface area (Å²) in [5.41, 5.74) is 5.38. The molecule has 5 atom stereocenters. The summed E-state index contributed by atoms with van der Waals surface area (Å²) in [6.45, 7) is 6.23. The summed E-state index contributed by atoms with van der Waals surface area (Å²) in [6, 6.07) is 19.9. The second-order valence-electron chi connectivity index (χ2n) is 19.2. The molecule has 4 aromatic carbocycles. The molecule has 20 nitrogen and oxygen atoms in total. The Labute approximate surface area is 425 Å². The second kappa shape index (κ2) is 20.5. The number of nitrogens with zero attached hydrogens (tertiary/aromatic N) is 4. The van der Waals surface area contributed by atoms with E-state index in [4.69, 9.17) is 33.2 Å². The molecule has 1 unspecified atom stereocenters. The predicted molar refractivity (Wildman–Crippen MR) is 270 cm³/mol. The number of carbonyl (C=O) groups excluding carboxylic acids is 6. The molecule has 7 heterocycles. The third-order valence-electron chi connectivity index (χ3n) is 15.1. The minimum absolute atomic E-state index is 0.0527. The van der Waals surface area contributed by atoms with Crippen molar-refractivity contribution in [2.75, 3.05) is 92.1 Å². The van der Waals surface area contributed by atoms with Crippen LogP contribution in [0.2, 0.25) is 0 Å². The van der Waals surface area contributed by atoms with Crippen LogP contribution < -0.4 is 16.0 Å². The van der Waals surface area contributed by atoms with E-state index in [0.717, 1.165) is 54.1 Å². The number of hydrogen-bond acceptors (Lipinski definition) is 14. The van der Waals surface area contributed by atoms with Crippen LogP contribution in [0.1, 0.15) is 75.5 Å². The van der Waals surface area contributed by atoms with Crippen LogP contribution in [0.25, 0.3) is 43.6 Å². The molecular weight excluding hydrogens is 955 g/mol. The van der Waals surface area contributed by atoms with Crippen LogP contribution in [-0.4, -0.2) is 159 Å². The van der Waals surface area contributed by atoms with Crippen molar-refractivity contribution in [1.29, 1.82) is 0 Å². The van der Waals surface area contributed by atoms with Gasteiger partial charge in [0.2, 0.25) is 17.7 Å². The topological polar surface area (TPSA) is 219 Å². The van der Waals surface area contributed by atoms with Gasteiger partial charge in [0.05, 0.1) is 117 Å². The van der Waals surface area contributed by atoms with Crippen LogP contribution in [0.4, 0.5) is 5.69 Å². The summed E-state index contributed by atoms with van der Waals surface area (Å²) in [6.07, 6.45) is -0.267. The normalized spacial score (nSPS) is 22.0. The van der Waals surface area contributed by atoms with E-state index in [1.165, 1.54) is 0 Å². The lowest BCUT2D eigenvalue weighted by Gasteiger charge is -2.50. The Morgan fingerprint density at radius 1 is 0.770 bits per heavy atom. The molecule has 2 saturated heterocycles. The first-order valence-electron chi connectivity index (χ1n) is 25.3. The molecule has 0 saturated carbocycles. The molecule has 5 aliphatic heterocycles. The molecular formula is C54H59N7O13. The Balaban J connectivity index is 0.598. The number of piperidine rings is 1. The van der Waals surface area contributed by atoms with Gasteiger partial charge in [0, 0.05) is 67.3 Å². The van der Waals surface area contributed by atoms with Crippen molar-refractivity contribution >= 4 is 84.7 Å². The van der Waals surface area contributed by atoms with E-state index in [9.17, 15) is 28.8 Å². The van der Waals surface area contributed by atoms with Gasteiger partial charge in [-0.1, -0.05) is 42.5 Å². The molecule has 2 bridgehead atoms. The zero-order valence-electron chi connectivity index (χ0n) is 41.6. The van der Waals surface area contributed by atoms with Crippen molar-refractivity contribution in [3.05, 3.63) is 89.0 Å². The first-order valence-corrected chi connectivity index (χ1v) is 25.3. The molecule has 6 amide bonds. The lowest BCUT2D eigenvalue weighted by atomic mass is 9.91. The van der Waals surface area contributed by atoms with Crippen molar-refractivity contribution in [2.45, 2.75) is 69.3 Å². The first-order chi connectivity index (χ1) is 36.0. The third-order valence-corrected chi connectivity index (χ3v) is 15.1. The molecule has 388 valence electrons. The number of ether oxygens (including phenoxy) is 7. The SMILES string of the molecule is CO[C@@H]1[C@H](N(C)C(=O)CCOCCOCCOCCOCCOCCNc2cccc3c2C(=O)N(C2CCC(=O)NC2=O)C3=O)C[C@H]2O[C@]1(C)n1c3ccccc3c3c4c(c5c6ccccc6n2c5c31)C(=O)NC4. The van der Waals surface area contributed by atoms with E-state index in [1.807, 2.05) is 31.3 Å². The fourth-order valence-electron chi connectivity index (χ4n) is 11.8. The minimum Gasteiger partial charge on any atom is -0.382 e. The van der Waals surface area contributed by atoms with Gasteiger partial charge in [0.15, 0.2) is 5.72 Å². The third kappa shape index (κ3) is 8.37. The van der Waals surface area contributed by atoms with Gasteiger partial charge in [-0.25, -0.2) is 0 Å². The van der Waals surface area contributed by atoms with Crippen LogP contribution in [-0.2, 0) is 59.8 Å². The van der Waals surface area contributed by atoms with E-state index in [1.54, 1.807) is 30.2 Å². The number of anilines is 1. The van der Waals surface area contributed by atoms with Crippen LogP contribution in [0, 0.1) is 0 Å². The summed E-state index contributed by atoms with van der Waals surface area (Å²) in [5.74, 6) is -2.37. The number of nitrogens with one attached hydrogen (secondary N) is 3. The molecule has 0 spiro atoms. The molecule has 20 heteroatoms. The van der Waals surface area contributed by atoms with Crippen LogP contribution in [0.15, 0.2) is 66.7 Å². The molecule has 74 heavy (non-hydrogen) atoms. The number of amides is 6. The molecule has 2 aromatic heterocycles. The quantitative estimate of drug-likeness (QED) is 0.0627. The Bertz CT molecular complexity index is 3240. The lowest BCUT2D eigenvalue weighted by Crippen LogP contribution is -2.61. The highest BCUT2D eigenvalue weighted by Gasteiger charge is 2.55. The van der Waals surface area contributed by atoms with Gasteiger partial charge in [0.25, 0.3) is 17.7 Å². The summed E-state index contributed by atoms with van der Waals surface area (Å²) in [5, 5.41) is 12.4. The molecule has 2 fully saturated rings. The maximum absolute atomic E-state index is 14.0. The van der Waals surface area contributed by atoms with E-state index in [0.29, 0.717) is 90.2 Å². The zero-order chi connectivity index (χ0) is 51.3. The average molecular weight is 1010 g/mol. The molecule has 0 radical (unpaired) electrons. The summed E-state index contributed by atoms with van der Waals surface area (Å²) < 4.78 is 46.6. The number of benzene rings is 4. The van der Waals surface area contributed by atoms with Crippen molar-refractivity contribution in [1.82, 2.24) is 29.6 Å². The molecule has 6 aromatic rings. The van der Waals surface area contributed by atoms with Gasteiger partial charge < -0.3 is 57.8 Å². The van der Waals surface area contributed by atoms with E-state index >= 15 is 0 Å². The molecule has 11 rings (SSSR count). The van der Waals surface area contributed by atoms with Crippen LogP contribution in [0.5, 0.6) is 0 Å². The van der Waals surface area contributed by atoms with Gasteiger partial charge in [-0.2, -0.15) is 0 Å². The number of methoxy groups -OCH3 is 1. The molecule has 3 N–H and O–H groups in total. The van der Waals surface area contributed by atoms with Crippen LogP contribution in [0.3, 0.4) is 0 Å². The van der Waals surface area contributed by atoms with Crippen molar-refractivity contribution in [3.63, 3.8) is 0 Å². The maximum Gasteiger partial charge on any atom is 0.264 e. The zero-order valence-corrected chi connectivity index (χ0v) is 41.6. The number of para-hydroxylation sites is 2. The van der Waals surface area contributed by atoms with Gasteiger partial charge in [-0.3, -0.25) is 39.0 Å². The fraction of sp³-hybridized carbons (Fsp3) is 0.444. The summed E-state index contributed by atoms with van der Waals surface area (Å²) in [4.78, 5) is 80.8. The van der Waals surface area contributed by atoms with Gasteiger partial charge in [0.1, 0.15) is 18.4 Å². The average Bonchev–Trinajstić information content (AvgIpc) is 4.13. The Hall–Kier alpha value is -6.78. The second-order valence-corrected chi connectivity index (χ2v) is 19.2. The summed E-state index contributed by atoms with van der Waals surface area (Å²) in [7, 11) is 3.51. The monoisotopic (exact) mass is 1010 g/mol. The number of hydrogen-bond donors (Lipinski definition) is 3. The Morgan fingerprint density at radius 2 is 1.42 bits per heavy atom. The van der Waals surface area contributed by atoms with Gasteiger partial charge >= 0.3 is 0 Å². The standard InChI is InChI=1S/C54H59N7O13/c1-54-49(68-3)39(29-42(74-54)59-36-13-6-4-9-31(36)45-46-34(30-56-51(46)65)43-32-10-5-7-14-37(32)61(54)48(43)47(45)59)58(2)41(63)17-19-69-21-23-71-25-27-73-28-26-72-24-22-70-20-18-55-35-12-8-11-33-44(35)53(67)60(52(33)66)38-15-16-40(62)57-50(38)64/h4-14,38-39,42,49,55H,15-30H2,1-3H3,(H,56,65)(H,57,62,64)/t38?,39-,42-,49-,54+/m1/s1. The summed E-state index contributed by atoms with van der Waals surface area (Å²) >= 11 is 0. The van der Waals surface area contributed by atoms with E-state index in [-0.39, 0.29) is 54.9 Å². The maximum atomic E-state index is 14.0. The van der Waals surface area contributed by atoms with Crippen molar-refractivity contribution < 1.29 is 61.9 Å². The van der Waals surface area contributed by atoms with Crippen molar-refractivity contribution in [3.8, 4) is 0 Å². The highest BCUT2D eigenvalue weighted by molar-refractivity contribution is 6.31. The highest BCUT2D eigenvalue weighted by Crippen LogP contribution is 2.54. The number of fused-ring (bicyclic) bond motifs is 14. The number of rotatable bonds is 22. The molecule has 5 aliphatic rings. The lowest BCUT2D eigenvalue weighted by molar-refractivity contribution is -0.266. The number of imide groups is 2. The molecule has 0 aliphatic carbocycles. The smallest absolute Gasteiger partial charge is 0.264 e. The fourth-order valence-corrected chi connectivity index (χ4v) is 11.8. The Kier molecular flexibility index (Phi) is 13.7. The number of aromatic nitrogens is 2. The Morgan fingerprint density at radius 3 is 2.11 bits per heavy atom. The van der Waals surface area contributed by atoms with Gasteiger partial charge in [-0.05, 0) is 43.2 Å². The number of carbonyl (C=O) groups is 6. The highest BCUT2D eigenvalue weighted by atomic mass is 16.6. The number of likely N-dealkylation sites (N-methyl/N-ethyl adjacent to an activating group) is 1. The van der Waals surface area contributed by atoms with Crippen LogP contribution >= 0.6 is 0 Å².